The fourth-order valence-corrected chi connectivity index (χ4v) is 2.89. The summed E-state index contributed by atoms with van der Waals surface area (Å²) in [5.41, 5.74) is 5.39. The summed E-state index contributed by atoms with van der Waals surface area (Å²) in [6.45, 7) is 0. The molecule has 2 rings (SSSR count). The molecule has 1 aliphatic rings. The summed E-state index contributed by atoms with van der Waals surface area (Å²) in [5, 5.41) is 0. The highest BCUT2D eigenvalue weighted by Gasteiger charge is 2.36. The molecule has 4 heteroatoms. The van der Waals surface area contributed by atoms with Crippen molar-refractivity contribution in [1.29, 1.82) is 0 Å². The topological polar surface area (TPSA) is 26.0 Å². The van der Waals surface area contributed by atoms with Gasteiger partial charge < -0.3 is 5.73 Å². The SMILES string of the molecule is CSc1ccc(F)c(C2(N)CCCC2)c1F. The van der Waals surface area contributed by atoms with Crippen LogP contribution in [0, 0.1) is 11.6 Å². The normalized spacial score (nSPS) is 19.0. The Kier molecular flexibility index (Phi) is 3.22. The Bertz CT molecular complexity index is 400. The van der Waals surface area contributed by atoms with E-state index >= 15 is 0 Å². The smallest absolute Gasteiger partial charge is 0.144 e. The van der Waals surface area contributed by atoms with Crippen molar-refractivity contribution in [2.24, 2.45) is 5.73 Å². The predicted octanol–water partition coefficient (Wildman–Crippen LogP) is 3.41. The third-order valence-corrected chi connectivity index (χ3v) is 4.02. The maximum Gasteiger partial charge on any atom is 0.144 e. The first kappa shape index (κ1) is 11.9. The van der Waals surface area contributed by atoms with Crippen LogP contribution in [0.15, 0.2) is 17.0 Å². The summed E-state index contributed by atoms with van der Waals surface area (Å²) >= 11 is 1.28. The molecule has 88 valence electrons. The quantitative estimate of drug-likeness (QED) is 0.805. The van der Waals surface area contributed by atoms with Crippen LogP contribution in [0.5, 0.6) is 0 Å². The van der Waals surface area contributed by atoms with Crippen molar-refractivity contribution in [1.82, 2.24) is 0 Å². The van der Waals surface area contributed by atoms with Crippen LogP contribution in [0.2, 0.25) is 0 Å². The highest BCUT2D eigenvalue weighted by atomic mass is 32.2. The van der Waals surface area contributed by atoms with Gasteiger partial charge in [-0.1, -0.05) is 12.8 Å². The van der Waals surface area contributed by atoms with Gasteiger partial charge in [0.15, 0.2) is 0 Å². The van der Waals surface area contributed by atoms with E-state index in [0.29, 0.717) is 17.7 Å². The third kappa shape index (κ3) is 1.84. The van der Waals surface area contributed by atoms with Crippen molar-refractivity contribution in [3.05, 3.63) is 29.3 Å². The lowest BCUT2D eigenvalue weighted by Crippen LogP contribution is -2.35. The molecule has 0 bridgehead atoms. The Morgan fingerprint density at radius 1 is 1.25 bits per heavy atom. The molecule has 2 N–H and O–H groups in total. The predicted molar refractivity (Wildman–Crippen MR) is 62.5 cm³/mol. The fourth-order valence-electron chi connectivity index (χ4n) is 2.40. The monoisotopic (exact) mass is 243 g/mol. The Labute approximate surface area is 98.4 Å². The van der Waals surface area contributed by atoms with Gasteiger partial charge in [0.25, 0.3) is 0 Å². The van der Waals surface area contributed by atoms with Crippen molar-refractivity contribution in [2.45, 2.75) is 36.1 Å². The molecule has 0 saturated heterocycles. The van der Waals surface area contributed by atoms with E-state index in [1.54, 1.807) is 6.26 Å². The second kappa shape index (κ2) is 4.34. The molecule has 0 aromatic heterocycles. The van der Waals surface area contributed by atoms with Crippen molar-refractivity contribution in [3.63, 3.8) is 0 Å². The molecule has 0 radical (unpaired) electrons. The second-order valence-corrected chi connectivity index (χ2v) is 5.15. The number of halogens is 2. The Balaban J connectivity index is 2.54. The number of thioether (sulfide) groups is 1. The zero-order chi connectivity index (χ0) is 11.8. The zero-order valence-corrected chi connectivity index (χ0v) is 10.0. The molecule has 0 aliphatic heterocycles. The minimum atomic E-state index is -0.806. The number of hydrogen-bond acceptors (Lipinski definition) is 2. The molecule has 1 fully saturated rings. The highest BCUT2D eigenvalue weighted by molar-refractivity contribution is 7.98. The molecule has 1 aliphatic carbocycles. The van der Waals surface area contributed by atoms with Gasteiger partial charge in [0.1, 0.15) is 11.6 Å². The van der Waals surface area contributed by atoms with Gasteiger partial charge in [0.05, 0.1) is 0 Å². The number of benzene rings is 1. The van der Waals surface area contributed by atoms with Crippen molar-refractivity contribution in [2.75, 3.05) is 6.26 Å². The standard InChI is InChI=1S/C12H15F2NS/c1-16-9-5-4-8(13)10(11(9)14)12(15)6-2-3-7-12/h4-5H,2-3,6-7,15H2,1H3. The lowest BCUT2D eigenvalue weighted by Gasteiger charge is -2.25. The molecule has 0 atom stereocenters. The van der Waals surface area contributed by atoms with Crippen LogP contribution in [0.25, 0.3) is 0 Å². The van der Waals surface area contributed by atoms with Gasteiger partial charge in [-0.15, -0.1) is 11.8 Å². The van der Waals surface area contributed by atoms with E-state index in [1.807, 2.05) is 0 Å². The lowest BCUT2D eigenvalue weighted by atomic mass is 9.88. The molecular formula is C12H15F2NS. The summed E-state index contributed by atoms with van der Waals surface area (Å²) in [6, 6.07) is 2.79. The van der Waals surface area contributed by atoms with E-state index in [9.17, 15) is 8.78 Å². The van der Waals surface area contributed by atoms with Crippen LogP contribution in [0.3, 0.4) is 0 Å². The first-order chi connectivity index (χ1) is 7.58. The van der Waals surface area contributed by atoms with Crippen molar-refractivity contribution < 1.29 is 8.78 Å². The van der Waals surface area contributed by atoms with Gasteiger partial charge in [-0.3, -0.25) is 0 Å². The molecule has 1 aromatic rings. The summed E-state index contributed by atoms with van der Waals surface area (Å²) in [5.74, 6) is -0.989. The van der Waals surface area contributed by atoms with Crippen LogP contribution in [-0.4, -0.2) is 6.26 Å². The molecule has 16 heavy (non-hydrogen) atoms. The van der Waals surface area contributed by atoms with Crippen molar-refractivity contribution in [3.8, 4) is 0 Å². The maximum absolute atomic E-state index is 14.1. The average molecular weight is 243 g/mol. The van der Waals surface area contributed by atoms with E-state index in [0.717, 1.165) is 12.8 Å². The average Bonchev–Trinajstić information content (AvgIpc) is 2.66. The van der Waals surface area contributed by atoms with Gasteiger partial charge in [-0.05, 0) is 31.2 Å². The Morgan fingerprint density at radius 2 is 1.88 bits per heavy atom. The maximum atomic E-state index is 14.1. The minimum Gasteiger partial charge on any atom is -0.321 e. The highest BCUT2D eigenvalue weighted by Crippen LogP contribution is 2.40. The molecule has 1 nitrogen and oxygen atoms in total. The van der Waals surface area contributed by atoms with Gasteiger partial charge in [0.2, 0.25) is 0 Å². The molecule has 0 amide bonds. The van der Waals surface area contributed by atoms with E-state index < -0.39 is 17.2 Å². The van der Waals surface area contributed by atoms with E-state index in [2.05, 4.69) is 0 Å². The fraction of sp³-hybridized carbons (Fsp3) is 0.500. The summed E-state index contributed by atoms with van der Waals surface area (Å²) in [4.78, 5) is 0.466. The molecule has 0 spiro atoms. The van der Waals surface area contributed by atoms with Crippen LogP contribution < -0.4 is 5.73 Å². The summed E-state index contributed by atoms with van der Waals surface area (Å²) < 4.78 is 27.8. The van der Waals surface area contributed by atoms with Crippen LogP contribution in [0.4, 0.5) is 8.78 Å². The van der Waals surface area contributed by atoms with Gasteiger partial charge in [0, 0.05) is 16.0 Å². The van der Waals surface area contributed by atoms with Crippen LogP contribution in [0.1, 0.15) is 31.2 Å². The van der Waals surface area contributed by atoms with E-state index in [1.165, 1.54) is 23.9 Å². The van der Waals surface area contributed by atoms with Crippen LogP contribution in [-0.2, 0) is 5.54 Å². The van der Waals surface area contributed by atoms with Gasteiger partial charge >= 0.3 is 0 Å². The first-order valence-corrected chi connectivity index (χ1v) is 6.62. The van der Waals surface area contributed by atoms with Crippen LogP contribution >= 0.6 is 11.8 Å². The van der Waals surface area contributed by atoms with Gasteiger partial charge in [-0.25, -0.2) is 8.78 Å². The Hall–Kier alpha value is -0.610. The third-order valence-electron chi connectivity index (χ3n) is 3.27. The van der Waals surface area contributed by atoms with Gasteiger partial charge in [-0.2, -0.15) is 0 Å². The number of hydrogen-bond donors (Lipinski definition) is 1. The lowest BCUT2D eigenvalue weighted by molar-refractivity contribution is 0.399. The molecule has 1 aromatic carbocycles. The summed E-state index contributed by atoms with van der Waals surface area (Å²) in [6.07, 6.45) is 4.99. The second-order valence-electron chi connectivity index (χ2n) is 4.30. The number of nitrogens with two attached hydrogens (primary N) is 1. The van der Waals surface area contributed by atoms with E-state index in [4.69, 9.17) is 5.73 Å². The molecule has 0 unspecified atom stereocenters. The largest absolute Gasteiger partial charge is 0.321 e. The minimum absolute atomic E-state index is 0.0804. The summed E-state index contributed by atoms with van der Waals surface area (Å²) in [7, 11) is 0. The van der Waals surface area contributed by atoms with Crippen molar-refractivity contribution >= 4 is 11.8 Å². The molecule has 0 heterocycles. The molecule has 1 saturated carbocycles. The van der Waals surface area contributed by atoms with E-state index in [-0.39, 0.29) is 5.56 Å². The Morgan fingerprint density at radius 3 is 2.44 bits per heavy atom. The number of rotatable bonds is 2. The molecular weight excluding hydrogens is 228 g/mol. The zero-order valence-electron chi connectivity index (χ0n) is 9.22. The first-order valence-electron chi connectivity index (χ1n) is 5.40.